The number of aliphatic hydroxyl groups is 1. The summed E-state index contributed by atoms with van der Waals surface area (Å²) in [4.78, 5) is 54.2. The maximum Gasteiger partial charge on any atom is 0.324 e. The van der Waals surface area contributed by atoms with E-state index in [1.54, 1.807) is 48.5 Å². The van der Waals surface area contributed by atoms with Crippen molar-refractivity contribution in [3.63, 3.8) is 0 Å². The summed E-state index contributed by atoms with van der Waals surface area (Å²) in [5, 5.41) is 16.3. The number of anilines is 2. The summed E-state index contributed by atoms with van der Waals surface area (Å²) >= 11 is 12.6. The smallest absolute Gasteiger partial charge is 0.324 e. The number of ketones is 1. The lowest BCUT2D eigenvalue weighted by Gasteiger charge is -2.62. The predicted octanol–water partition coefficient (Wildman–Crippen LogP) is 5.48. The van der Waals surface area contributed by atoms with Crippen molar-refractivity contribution in [3.05, 3.63) is 81.3 Å². The normalized spacial score (nSPS) is 26.4. The van der Waals surface area contributed by atoms with Gasteiger partial charge in [0, 0.05) is 30.3 Å². The van der Waals surface area contributed by atoms with Crippen molar-refractivity contribution in [1.29, 1.82) is 0 Å². The minimum absolute atomic E-state index is 0.0684. The van der Waals surface area contributed by atoms with Gasteiger partial charge in [0.25, 0.3) is 0 Å². The van der Waals surface area contributed by atoms with Gasteiger partial charge in [-0.2, -0.15) is 0 Å². The number of hydrogen-bond donors (Lipinski definition) is 2. The van der Waals surface area contributed by atoms with Crippen molar-refractivity contribution in [1.82, 2.24) is 4.90 Å². The van der Waals surface area contributed by atoms with Crippen LogP contribution in [-0.2, 0) is 42.2 Å². The van der Waals surface area contributed by atoms with Gasteiger partial charge in [0.05, 0.1) is 33.2 Å². The number of halogens is 2. The van der Waals surface area contributed by atoms with Crippen LogP contribution in [0, 0.1) is 5.92 Å². The minimum Gasteiger partial charge on any atom is -0.477 e. The number of carbonyl (C=O) groups is 4. The van der Waals surface area contributed by atoms with E-state index in [1.165, 1.54) is 12.8 Å². The number of nitrogens with one attached hydrogen (secondary N) is 1. The van der Waals surface area contributed by atoms with Crippen LogP contribution in [0.2, 0.25) is 10.0 Å². The average Bonchev–Trinajstić information content (AvgIpc) is 3.80. The van der Waals surface area contributed by atoms with Crippen LogP contribution in [-0.4, -0.2) is 64.5 Å². The number of para-hydroxylation sites is 2. The Hall–Kier alpha value is -3.96. The third kappa shape index (κ3) is 5.40. The topological polar surface area (TPSA) is 131 Å². The molecule has 49 heavy (non-hydrogen) atoms. The molecule has 1 saturated heterocycles. The maximum absolute atomic E-state index is 13.3. The number of rotatable bonds is 9. The first kappa shape index (κ1) is 32.3. The van der Waals surface area contributed by atoms with Gasteiger partial charge in [-0.1, -0.05) is 53.5 Å². The highest BCUT2D eigenvalue weighted by molar-refractivity contribution is 6.39. The van der Waals surface area contributed by atoms with Gasteiger partial charge in [0.1, 0.15) is 6.42 Å². The van der Waals surface area contributed by atoms with Gasteiger partial charge in [-0.25, -0.2) is 0 Å². The summed E-state index contributed by atoms with van der Waals surface area (Å²) in [6.07, 6.45) is 2.17. The first-order valence-electron chi connectivity index (χ1n) is 16.6. The SMILES string of the molecule is O=C(CC(=O)Oc1ccc2c3c1OC1C(=O)CC[C@@]4(O)[C@@H](C2)N(CC2CC2)CC[C@]314)OC(=O)Cc1ccccc1Nc1c(Cl)cccc1Cl. The second-order valence-electron chi connectivity index (χ2n) is 13.7. The summed E-state index contributed by atoms with van der Waals surface area (Å²) in [6, 6.07) is 15.3. The molecule has 2 N–H and O–H groups in total. The molecule has 254 valence electrons. The molecule has 0 amide bonds. The van der Waals surface area contributed by atoms with E-state index in [0.29, 0.717) is 52.2 Å². The third-order valence-electron chi connectivity index (χ3n) is 10.9. The fourth-order valence-electron chi connectivity index (χ4n) is 8.51. The zero-order chi connectivity index (χ0) is 34.1. The van der Waals surface area contributed by atoms with Crippen molar-refractivity contribution in [2.24, 2.45) is 5.92 Å². The van der Waals surface area contributed by atoms with Gasteiger partial charge >= 0.3 is 17.9 Å². The van der Waals surface area contributed by atoms with Crippen molar-refractivity contribution < 1.29 is 38.5 Å². The van der Waals surface area contributed by atoms with Crippen molar-refractivity contribution in [2.45, 2.75) is 74.5 Å². The van der Waals surface area contributed by atoms with E-state index in [4.69, 9.17) is 37.4 Å². The number of esters is 3. The number of likely N-dealkylation sites (tertiary alicyclic amines) is 1. The summed E-state index contributed by atoms with van der Waals surface area (Å²) in [7, 11) is 0. The molecule has 4 atom stereocenters. The van der Waals surface area contributed by atoms with Crippen molar-refractivity contribution >= 4 is 58.3 Å². The molecular weight excluding hydrogens is 671 g/mol. The number of nitrogens with zero attached hydrogens (tertiary/aromatic N) is 1. The van der Waals surface area contributed by atoms with Crippen LogP contribution in [0.4, 0.5) is 11.4 Å². The van der Waals surface area contributed by atoms with Gasteiger partial charge in [0.15, 0.2) is 23.4 Å². The second-order valence-corrected chi connectivity index (χ2v) is 14.6. The fraction of sp³-hybridized carbons (Fsp3) is 0.405. The first-order chi connectivity index (χ1) is 23.6. The molecule has 0 aromatic heterocycles. The number of hydrogen-bond acceptors (Lipinski definition) is 10. The molecule has 1 spiro atoms. The molecule has 0 radical (unpaired) electrons. The predicted molar refractivity (Wildman–Crippen MR) is 179 cm³/mol. The quantitative estimate of drug-likeness (QED) is 0.168. The Labute approximate surface area is 292 Å². The van der Waals surface area contributed by atoms with Crippen LogP contribution in [0.25, 0.3) is 0 Å². The van der Waals surface area contributed by atoms with E-state index < -0.39 is 41.4 Å². The lowest BCUT2D eigenvalue weighted by atomic mass is 9.49. The van der Waals surface area contributed by atoms with Gasteiger partial charge in [0.2, 0.25) is 0 Å². The fourth-order valence-corrected chi connectivity index (χ4v) is 9.00. The molecule has 3 aliphatic carbocycles. The molecule has 12 heteroatoms. The summed E-state index contributed by atoms with van der Waals surface area (Å²) in [5.41, 5.74) is 1.15. The van der Waals surface area contributed by atoms with Crippen LogP contribution in [0.15, 0.2) is 54.6 Å². The Morgan fingerprint density at radius 2 is 1.76 bits per heavy atom. The molecule has 2 saturated carbocycles. The van der Waals surface area contributed by atoms with E-state index in [-0.39, 0.29) is 36.2 Å². The largest absolute Gasteiger partial charge is 0.477 e. The van der Waals surface area contributed by atoms with E-state index in [0.717, 1.165) is 24.2 Å². The highest BCUT2D eigenvalue weighted by Crippen LogP contribution is 2.65. The molecule has 8 rings (SSSR count). The number of benzene rings is 3. The maximum atomic E-state index is 13.3. The second kappa shape index (κ2) is 12.1. The number of piperidine rings is 1. The highest BCUT2D eigenvalue weighted by Gasteiger charge is 2.73. The molecule has 5 aliphatic rings. The molecule has 1 unspecified atom stereocenters. The standard InChI is InChI=1S/C37H34Cl2N2O8/c38-23-5-3-6-24(39)33(23)40-25-7-2-1-4-21(25)17-29(43)48-31(45)18-30(44)47-27-11-10-22-16-28-37(46)13-12-26(42)35-36(37,32(22)34(27)49-35)14-15-41(28)19-20-8-9-20/h1-7,10-11,20,28,35,40,46H,8-9,12-19H2/t28-,35?,36+,37-/m1/s1. The molecule has 3 aromatic carbocycles. The van der Waals surface area contributed by atoms with Crippen LogP contribution in [0.1, 0.15) is 55.2 Å². The molecule has 2 heterocycles. The van der Waals surface area contributed by atoms with Gasteiger partial charge in [-0.3, -0.25) is 24.1 Å². The van der Waals surface area contributed by atoms with Crippen molar-refractivity contribution in [3.8, 4) is 11.5 Å². The van der Waals surface area contributed by atoms with Crippen LogP contribution in [0.5, 0.6) is 11.5 Å². The molecule has 2 bridgehead atoms. The third-order valence-corrected chi connectivity index (χ3v) is 11.5. The van der Waals surface area contributed by atoms with Gasteiger partial charge in [-0.05, 0) is 80.0 Å². The van der Waals surface area contributed by atoms with E-state index in [1.807, 2.05) is 6.07 Å². The van der Waals surface area contributed by atoms with E-state index in [2.05, 4.69) is 10.2 Å². The molecular formula is C37H34Cl2N2O8. The number of Topliss-reactive ketones (excluding diaryl/α,β-unsaturated/α-hetero) is 1. The highest BCUT2D eigenvalue weighted by atomic mass is 35.5. The Morgan fingerprint density at radius 3 is 2.53 bits per heavy atom. The summed E-state index contributed by atoms with van der Waals surface area (Å²) < 4.78 is 16.9. The van der Waals surface area contributed by atoms with E-state index >= 15 is 0 Å². The molecule has 3 aromatic rings. The zero-order valence-electron chi connectivity index (χ0n) is 26.5. The zero-order valence-corrected chi connectivity index (χ0v) is 28.0. The molecule has 2 aliphatic heterocycles. The van der Waals surface area contributed by atoms with Crippen LogP contribution >= 0.6 is 23.2 Å². The Balaban J connectivity index is 0.959. The van der Waals surface area contributed by atoms with Crippen molar-refractivity contribution in [2.75, 3.05) is 18.4 Å². The summed E-state index contributed by atoms with van der Waals surface area (Å²) in [5.74, 6) is -1.97. The average molecular weight is 706 g/mol. The Kier molecular flexibility index (Phi) is 7.98. The molecule has 10 nitrogen and oxygen atoms in total. The summed E-state index contributed by atoms with van der Waals surface area (Å²) in [6.45, 7) is 1.69. The lowest BCUT2D eigenvalue weighted by molar-refractivity contribution is -0.188. The Morgan fingerprint density at radius 1 is 0.980 bits per heavy atom. The minimum atomic E-state index is -1.16. The van der Waals surface area contributed by atoms with Gasteiger partial charge < -0.3 is 24.6 Å². The number of ether oxygens (including phenoxy) is 3. The Bertz CT molecular complexity index is 1890. The lowest BCUT2D eigenvalue weighted by Crippen LogP contribution is -2.76. The van der Waals surface area contributed by atoms with E-state index in [9.17, 15) is 24.3 Å². The van der Waals surface area contributed by atoms with Gasteiger partial charge in [-0.15, -0.1) is 0 Å². The first-order valence-corrected chi connectivity index (χ1v) is 17.4. The number of carbonyl (C=O) groups excluding carboxylic acids is 4. The molecule has 3 fully saturated rings. The van der Waals surface area contributed by atoms with Crippen LogP contribution in [0.3, 0.4) is 0 Å². The van der Waals surface area contributed by atoms with Crippen LogP contribution < -0.4 is 14.8 Å². The monoisotopic (exact) mass is 704 g/mol.